The lowest BCUT2D eigenvalue weighted by Crippen LogP contribution is -2.10. The minimum absolute atomic E-state index is 0.0535. The monoisotopic (exact) mass is 246 g/mol. The van der Waals surface area contributed by atoms with Gasteiger partial charge in [0, 0.05) is 0 Å². The van der Waals surface area contributed by atoms with E-state index in [4.69, 9.17) is 9.84 Å². The first-order valence-electron chi connectivity index (χ1n) is 4.52. The molecule has 0 unspecified atom stereocenters. The first-order valence-corrected chi connectivity index (χ1v) is 4.52. The maximum absolute atomic E-state index is 12.3. The highest BCUT2D eigenvalue weighted by Gasteiger charge is 2.30. The fourth-order valence-corrected chi connectivity index (χ4v) is 0.994. The van der Waals surface area contributed by atoms with E-state index < -0.39 is 17.7 Å². The number of carboxylic acid groups (broad SMARTS) is 1. The Morgan fingerprint density at radius 3 is 2.59 bits per heavy atom. The van der Waals surface area contributed by atoms with Crippen LogP contribution >= 0.6 is 0 Å². The molecule has 92 valence electrons. The molecule has 6 heteroatoms. The summed E-state index contributed by atoms with van der Waals surface area (Å²) in [5.41, 5.74) is -1.08. The number of carbonyl (C=O) groups is 1. The number of rotatable bonds is 4. The third-order valence-corrected chi connectivity index (χ3v) is 1.88. The van der Waals surface area contributed by atoms with Gasteiger partial charge in [0.1, 0.15) is 12.4 Å². The van der Waals surface area contributed by atoms with Gasteiger partial charge in [-0.25, -0.2) is 4.79 Å². The van der Waals surface area contributed by atoms with Gasteiger partial charge in [0.2, 0.25) is 0 Å². The molecular formula is C11H9F3O3. The van der Waals surface area contributed by atoms with E-state index in [1.54, 1.807) is 0 Å². The van der Waals surface area contributed by atoms with Crippen LogP contribution in [0.25, 0.3) is 0 Å². The van der Waals surface area contributed by atoms with Gasteiger partial charge in [-0.2, -0.15) is 13.2 Å². The van der Waals surface area contributed by atoms with E-state index in [2.05, 4.69) is 6.58 Å². The van der Waals surface area contributed by atoms with Gasteiger partial charge in [0.05, 0.1) is 11.1 Å². The maximum atomic E-state index is 12.3. The molecule has 1 rings (SSSR count). The van der Waals surface area contributed by atoms with Crippen LogP contribution < -0.4 is 4.74 Å². The van der Waals surface area contributed by atoms with Gasteiger partial charge < -0.3 is 9.84 Å². The second-order valence-electron chi connectivity index (χ2n) is 3.22. The van der Waals surface area contributed by atoms with Crippen LogP contribution in [0.2, 0.25) is 0 Å². The second-order valence-corrected chi connectivity index (χ2v) is 3.22. The highest BCUT2D eigenvalue weighted by molar-refractivity contribution is 5.86. The Hall–Kier alpha value is -1.98. The van der Waals surface area contributed by atoms with E-state index in [1.165, 1.54) is 12.1 Å². The predicted octanol–water partition coefficient (Wildman–Crippen LogP) is 2.73. The number of benzene rings is 1. The minimum atomic E-state index is -4.46. The molecule has 0 bridgehead atoms. The fourth-order valence-electron chi connectivity index (χ4n) is 0.994. The zero-order valence-electron chi connectivity index (χ0n) is 8.62. The van der Waals surface area contributed by atoms with Crippen molar-refractivity contribution >= 4 is 5.97 Å². The summed E-state index contributed by atoms with van der Waals surface area (Å²) in [7, 11) is 0. The van der Waals surface area contributed by atoms with Gasteiger partial charge in [-0.1, -0.05) is 12.6 Å². The summed E-state index contributed by atoms with van der Waals surface area (Å²) in [6.07, 6.45) is -4.46. The van der Waals surface area contributed by atoms with Gasteiger partial charge in [0.25, 0.3) is 0 Å². The molecule has 1 aromatic rings. The first kappa shape index (κ1) is 13.1. The molecule has 0 saturated carbocycles. The third kappa shape index (κ3) is 3.82. The van der Waals surface area contributed by atoms with Crippen molar-refractivity contribution in [3.63, 3.8) is 0 Å². The Kier molecular flexibility index (Phi) is 3.77. The first-order chi connectivity index (χ1) is 7.80. The van der Waals surface area contributed by atoms with E-state index in [9.17, 15) is 18.0 Å². The quantitative estimate of drug-likeness (QED) is 0.831. The number of hydrogen-bond donors (Lipinski definition) is 1. The van der Waals surface area contributed by atoms with Crippen LogP contribution in [0.15, 0.2) is 36.4 Å². The van der Waals surface area contributed by atoms with Gasteiger partial charge in [0.15, 0.2) is 0 Å². The van der Waals surface area contributed by atoms with Crippen molar-refractivity contribution in [2.24, 2.45) is 0 Å². The normalized spacial score (nSPS) is 11.0. The molecule has 0 heterocycles. The molecule has 3 nitrogen and oxygen atoms in total. The molecule has 0 spiro atoms. The van der Waals surface area contributed by atoms with Crippen molar-refractivity contribution in [3.8, 4) is 5.75 Å². The number of ether oxygens (including phenoxy) is 1. The van der Waals surface area contributed by atoms with Gasteiger partial charge in [-0.05, 0) is 18.2 Å². The largest absolute Gasteiger partial charge is 0.489 e. The van der Waals surface area contributed by atoms with Crippen LogP contribution in [0.4, 0.5) is 13.2 Å². The van der Waals surface area contributed by atoms with E-state index >= 15 is 0 Å². The molecular weight excluding hydrogens is 237 g/mol. The molecule has 17 heavy (non-hydrogen) atoms. The molecule has 0 radical (unpaired) electrons. The summed E-state index contributed by atoms with van der Waals surface area (Å²) in [5.74, 6) is -1.31. The molecule has 1 aromatic carbocycles. The minimum Gasteiger partial charge on any atom is -0.489 e. The summed E-state index contributed by atoms with van der Waals surface area (Å²) in [5, 5.41) is 8.48. The van der Waals surface area contributed by atoms with Crippen molar-refractivity contribution in [2.75, 3.05) is 6.61 Å². The lowest BCUT2D eigenvalue weighted by molar-refractivity contribution is -0.138. The summed E-state index contributed by atoms with van der Waals surface area (Å²) >= 11 is 0. The Morgan fingerprint density at radius 2 is 2.06 bits per heavy atom. The Balaban J connectivity index is 2.73. The Morgan fingerprint density at radius 1 is 1.41 bits per heavy atom. The molecule has 0 aromatic heterocycles. The average molecular weight is 246 g/mol. The molecule has 0 aliphatic rings. The van der Waals surface area contributed by atoms with Crippen LogP contribution in [0.5, 0.6) is 5.75 Å². The van der Waals surface area contributed by atoms with Gasteiger partial charge in [-0.15, -0.1) is 0 Å². The smallest absolute Gasteiger partial charge is 0.416 e. The number of carboxylic acids is 1. The highest BCUT2D eigenvalue weighted by atomic mass is 19.4. The lowest BCUT2D eigenvalue weighted by Gasteiger charge is -2.09. The van der Waals surface area contributed by atoms with Crippen molar-refractivity contribution in [3.05, 3.63) is 42.0 Å². The molecule has 0 saturated heterocycles. The Bertz CT molecular complexity index is 438. The van der Waals surface area contributed by atoms with Crippen LogP contribution in [0, 0.1) is 0 Å². The summed E-state index contributed by atoms with van der Waals surface area (Å²) in [6.45, 7) is 2.83. The van der Waals surface area contributed by atoms with Crippen molar-refractivity contribution < 1.29 is 27.8 Å². The number of aliphatic carboxylic acids is 1. The van der Waals surface area contributed by atoms with Gasteiger partial charge in [-0.3, -0.25) is 0 Å². The highest BCUT2D eigenvalue weighted by Crippen LogP contribution is 2.31. The number of halogens is 3. The third-order valence-electron chi connectivity index (χ3n) is 1.88. The standard InChI is InChI=1S/C11H9F3O3/c1-7(10(15)16)6-17-9-4-2-3-8(5-9)11(12,13)14/h2-5H,1,6H2,(H,15,16). The second kappa shape index (κ2) is 4.90. The summed E-state index contributed by atoms with van der Waals surface area (Å²) in [6, 6.07) is 4.19. The van der Waals surface area contributed by atoms with E-state index in [1.807, 2.05) is 0 Å². The topological polar surface area (TPSA) is 46.5 Å². The average Bonchev–Trinajstić information content (AvgIpc) is 2.25. The van der Waals surface area contributed by atoms with Crippen LogP contribution in [-0.2, 0) is 11.0 Å². The molecule has 0 aliphatic carbocycles. The Labute approximate surface area is 95.1 Å². The fraction of sp³-hybridized carbons (Fsp3) is 0.182. The van der Waals surface area contributed by atoms with Crippen LogP contribution in [0.1, 0.15) is 5.56 Å². The van der Waals surface area contributed by atoms with Gasteiger partial charge >= 0.3 is 12.1 Å². The molecule has 1 N–H and O–H groups in total. The molecule has 0 aliphatic heterocycles. The zero-order chi connectivity index (χ0) is 13.1. The van der Waals surface area contributed by atoms with E-state index in [0.29, 0.717) is 0 Å². The summed E-state index contributed by atoms with van der Waals surface area (Å²) in [4.78, 5) is 10.4. The van der Waals surface area contributed by atoms with E-state index in [0.717, 1.165) is 12.1 Å². The SMILES string of the molecule is C=C(COc1cccc(C(F)(F)F)c1)C(=O)O. The molecule has 0 atom stereocenters. The maximum Gasteiger partial charge on any atom is 0.416 e. The zero-order valence-corrected chi connectivity index (χ0v) is 8.62. The van der Waals surface area contributed by atoms with Crippen molar-refractivity contribution in [1.29, 1.82) is 0 Å². The summed E-state index contributed by atoms with van der Waals surface area (Å²) < 4.78 is 41.9. The number of hydrogen-bond acceptors (Lipinski definition) is 2. The predicted molar refractivity (Wildman–Crippen MR) is 53.7 cm³/mol. The van der Waals surface area contributed by atoms with E-state index in [-0.39, 0.29) is 17.9 Å². The molecule has 0 amide bonds. The number of alkyl halides is 3. The van der Waals surface area contributed by atoms with Crippen LogP contribution in [-0.4, -0.2) is 17.7 Å². The van der Waals surface area contributed by atoms with Crippen molar-refractivity contribution in [2.45, 2.75) is 6.18 Å². The van der Waals surface area contributed by atoms with Crippen molar-refractivity contribution in [1.82, 2.24) is 0 Å². The van der Waals surface area contributed by atoms with Crippen LogP contribution in [0.3, 0.4) is 0 Å². The lowest BCUT2D eigenvalue weighted by atomic mass is 10.2. The molecule has 0 fully saturated rings.